The Morgan fingerprint density at radius 1 is 1.25 bits per heavy atom. The molecule has 1 aromatic carbocycles. The van der Waals surface area contributed by atoms with Crippen LogP contribution in [0.5, 0.6) is 5.75 Å². The van der Waals surface area contributed by atoms with E-state index in [0.717, 1.165) is 4.90 Å². The molecule has 1 atom stereocenters. The van der Waals surface area contributed by atoms with E-state index in [4.69, 9.17) is 4.74 Å². The number of thiophene rings is 1. The van der Waals surface area contributed by atoms with Gasteiger partial charge in [-0.15, -0.1) is 11.3 Å². The lowest BCUT2D eigenvalue weighted by Crippen LogP contribution is -2.45. The first-order valence-corrected chi connectivity index (χ1v) is 9.96. The second kappa shape index (κ2) is 8.43. The first-order valence-electron chi connectivity index (χ1n) is 9.08. The molecule has 7 nitrogen and oxygen atoms in total. The predicted octanol–water partition coefficient (Wildman–Crippen LogP) is 2.27. The summed E-state index contributed by atoms with van der Waals surface area (Å²) < 4.78 is 5.15. The molecule has 148 valence electrons. The van der Waals surface area contributed by atoms with E-state index in [1.807, 2.05) is 24.4 Å². The summed E-state index contributed by atoms with van der Waals surface area (Å²) in [5.74, 6) is -0.117. The van der Waals surface area contributed by atoms with Gasteiger partial charge in [0.15, 0.2) is 0 Å². The van der Waals surface area contributed by atoms with Gasteiger partial charge in [-0.2, -0.15) is 0 Å². The Morgan fingerprint density at radius 3 is 2.61 bits per heavy atom. The molecule has 2 N–H and O–H groups in total. The molecular formula is C20H23N3O4S. The summed E-state index contributed by atoms with van der Waals surface area (Å²) in [6.07, 6.45) is 1.09. The molecular weight excluding hydrogens is 378 g/mol. The van der Waals surface area contributed by atoms with Crippen molar-refractivity contribution in [3.63, 3.8) is 0 Å². The zero-order valence-corrected chi connectivity index (χ0v) is 16.7. The van der Waals surface area contributed by atoms with Crippen molar-refractivity contribution in [3.05, 3.63) is 52.2 Å². The number of imide groups is 1. The minimum Gasteiger partial charge on any atom is -0.497 e. The van der Waals surface area contributed by atoms with Crippen LogP contribution in [0.4, 0.5) is 4.79 Å². The van der Waals surface area contributed by atoms with Crippen LogP contribution in [0, 0.1) is 0 Å². The third-order valence-electron chi connectivity index (χ3n) is 4.86. The molecule has 3 rings (SSSR count). The van der Waals surface area contributed by atoms with Crippen LogP contribution in [0.2, 0.25) is 0 Å². The van der Waals surface area contributed by atoms with Crippen molar-refractivity contribution in [2.75, 3.05) is 20.2 Å². The largest absolute Gasteiger partial charge is 0.497 e. The van der Waals surface area contributed by atoms with Gasteiger partial charge in [0.1, 0.15) is 17.8 Å². The third kappa shape index (κ3) is 3.87. The van der Waals surface area contributed by atoms with Crippen molar-refractivity contribution in [3.8, 4) is 5.75 Å². The number of methoxy groups -OCH3 is 1. The fourth-order valence-electron chi connectivity index (χ4n) is 3.26. The van der Waals surface area contributed by atoms with Crippen molar-refractivity contribution >= 4 is 29.2 Å². The van der Waals surface area contributed by atoms with Gasteiger partial charge >= 0.3 is 6.03 Å². The summed E-state index contributed by atoms with van der Waals surface area (Å²) in [6.45, 7) is 1.99. The summed E-state index contributed by atoms with van der Waals surface area (Å²) in [5.41, 5.74) is -0.504. The summed E-state index contributed by atoms with van der Waals surface area (Å²) in [4.78, 5) is 39.9. The zero-order valence-electron chi connectivity index (χ0n) is 15.9. The molecule has 0 radical (unpaired) electrons. The number of hydrogen-bond acceptors (Lipinski definition) is 5. The van der Waals surface area contributed by atoms with E-state index < -0.39 is 17.5 Å². The Kier molecular flexibility index (Phi) is 5.99. The number of carbonyl (C=O) groups excluding carboxylic acids is 3. The fraction of sp³-hybridized carbons (Fsp3) is 0.350. The average Bonchev–Trinajstić information content (AvgIpc) is 3.30. The number of nitrogens with one attached hydrogen (secondary N) is 2. The molecule has 2 heterocycles. The number of amides is 4. The van der Waals surface area contributed by atoms with Crippen molar-refractivity contribution in [1.82, 2.24) is 15.5 Å². The number of nitrogens with zero attached hydrogens (tertiary/aromatic N) is 1. The first-order chi connectivity index (χ1) is 13.5. The minimum atomic E-state index is -1.17. The van der Waals surface area contributed by atoms with E-state index >= 15 is 0 Å². The molecule has 0 saturated carbocycles. The van der Waals surface area contributed by atoms with Crippen LogP contribution >= 0.6 is 11.3 Å². The molecule has 28 heavy (non-hydrogen) atoms. The summed E-state index contributed by atoms with van der Waals surface area (Å²) >= 11 is 1.62. The SMILES string of the molecule is CC[C@@]1(c2ccc(OC)cc2)NC(=O)N(CC(=O)NCCc2cccs2)C1=O. The van der Waals surface area contributed by atoms with Gasteiger partial charge in [-0.05, 0) is 42.0 Å². The third-order valence-corrected chi connectivity index (χ3v) is 5.80. The van der Waals surface area contributed by atoms with Crippen molar-refractivity contribution in [2.45, 2.75) is 25.3 Å². The Hall–Kier alpha value is -2.87. The van der Waals surface area contributed by atoms with E-state index in [2.05, 4.69) is 10.6 Å². The molecule has 1 aromatic heterocycles. The molecule has 0 unspecified atom stereocenters. The van der Waals surface area contributed by atoms with Gasteiger partial charge in [0.2, 0.25) is 5.91 Å². The maximum absolute atomic E-state index is 13.1. The highest BCUT2D eigenvalue weighted by Crippen LogP contribution is 2.33. The van der Waals surface area contributed by atoms with Crippen LogP contribution in [0.3, 0.4) is 0 Å². The smallest absolute Gasteiger partial charge is 0.325 e. The van der Waals surface area contributed by atoms with Crippen LogP contribution in [-0.2, 0) is 21.5 Å². The molecule has 1 saturated heterocycles. The molecule has 2 aromatic rings. The van der Waals surface area contributed by atoms with Crippen LogP contribution in [0.25, 0.3) is 0 Å². The van der Waals surface area contributed by atoms with E-state index in [-0.39, 0.29) is 12.5 Å². The second-order valence-corrected chi connectivity index (χ2v) is 7.52. The number of hydrogen-bond donors (Lipinski definition) is 2. The fourth-order valence-corrected chi connectivity index (χ4v) is 3.97. The van der Waals surface area contributed by atoms with Gasteiger partial charge in [-0.3, -0.25) is 14.5 Å². The van der Waals surface area contributed by atoms with E-state index in [9.17, 15) is 14.4 Å². The maximum Gasteiger partial charge on any atom is 0.325 e. The van der Waals surface area contributed by atoms with Crippen molar-refractivity contribution in [2.24, 2.45) is 0 Å². The summed E-state index contributed by atoms with van der Waals surface area (Å²) in [7, 11) is 1.56. The average molecular weight is 401 g/mol. The Labute approximate surface area is 167 Å². The Bertz CT molecular complexity index is 851. The molecule has 8 heteroatoms. The van der Waals surface area contributed by atoms with Crippen LogP contribution in [0.15, 0.2) is 41.8 Å². The van der Waals surface area contributed by atoms with Gasteiger partial charge in [-0.25, -0.2) is 4.79 Å². The zero-order chi connectivity index (χ0) is 20.1. The quantitative estimate of drug-likeness (QED) is 0.665. The second-order valence-electron chi connectivity index (χ2n) is 6.49. The summed E-state index contributed by atoms with van der Waals surface area (Å²) in [6, 6.07) is 10.4. The minimum absolute atomic E-state index is 0.299. The highest BCUT2D eigenvalue weighted by Gasteiger charge is 2.51. The highest BCUT2D eigenvalue weighted by molar-refractivity contribution is 7.09. The van der Waals surface area contributed by atoms with Crippen LogP contribution in [0.1, 0.15) is 23.8 Å². The lowest BCUT2D eigenvalue weighted by molar-refractivity contribution is -0.135. The van der Waals surface area contributed by atoms with Gasteiger partial charge in [0.05, 0.1) is 7.11 Å². The van der Waals surface area contributed by atoms with Gasteiger partial charge in [-0.1, -0.05) is 25.1 Å². The van der Waals surface area contributed by atoms with Gasteiger partial charge in [0, 0.05) is 11.4 Å². The van der Waals surface area contributed by atoms with Crippen molar-refractivity contribution in [1.29, 1.82) is 0 Å². The number of carbonyl (C=O) groups is 3. The highest BCUT2D eigenvalue weighted by atomic mass is 32.1. The summed E-state index contributed by atoms with van der Waals surface area (Å²) in [5, 5.41) is 7.52. The Morgan fingerprint density at radius 2 is 2.00 bits per heavy atom. The number of ether oxygens (including phenoxy) is 1. The first kappa shape index (κ1) is 19.9. The van der Waals surface area contributed by atoms with E-state index in [1.165, 1.54) is 4.88 Å². The lowest BCUT2D eigenvalue weighted by atomic mass is 9.87. The van der Waals surface area contributed by atoms with E-state index in [1.54, 1.807) is 42.7 Å². The normalized spacial score (nSPS) is 18.9. The topological polar surface area (TPSA) is 87.7 Å². The van der Waals surface area contributed by atoms with E-state index in [0.29, 0.717) is 30.7 Å². The van der Waals surface area contributed by atoms with Crippen molar-refractivity contribution < 1.29 is 19.1 Å². The van der Waals surface area contributed by atoms with Gasteiger partial charge in [0.25, 0.3) is 5.91 Å². The van der Waals surface area contributed by atoms with Crippen LogP contribution in [-0.4, -0.2) is 42.9 Å². The lowest BCUT2D eigenvalue weighted by Gasteiger charge is -2.26. The molecule has 0 aliphatic carbocycles. The number of rotatable bonds is 8. The van der Waals surface area contributed by atoms with Gasteiger partial charge < -0.3 is 15.4 Å². The number of benzene rings is 1. The molecule has 1 aliphatic rings. The standard InChI is InChI=1S/C20H23N3O4S/c1-3-20(14-6-8-15(27-2)9-7-14)18(25)23(19(26)22-20)13-17(24)21-11-10-16-5-4-12-28-16/h4-9,12H,3,10-11,13H2,1-2H3,(H,21,24)(H,22,26)/t20-/m0/s1. The Balaban J connectivity index is 1.66. The molecule has 0 spiro atoms. The monoisotopic (exact) mass is 401 g/mol. The number of urea groups is 1. The molecule has 1 fully saturated rings. The molecule has 1 aliphatic heterocycles. The molecule has 0 bridgehead atoms. The molecule has 4 amide bonds. The van der Waals surface area contributed by atoms with Crippen LogP contribution < -0.4 is 15.4 Å². The maximum atomic E-state index is 13.1. The predicted molar refractivity (Wildman–Crippen MR) is 106 cm³/mol.